The molecule has 0 atom stereocenters. The van der Waals surface area contributed by atoms with Gasteiger partial charge in [-0.3, -0.25) is 0 Å². The number of hydrogen-bond acceptors (Lipinski definition) is 3. The molecule has 0 saturated heterocycles. The van der Waals surface area contributed by atoms with Crippen LogP contribution in [0.25, 0.3) is 0 Å². The molecule has 86 valence electrons. The van der Waals surface area contributed by atoms with Gasteiger partial charge in [-0.2, -0.15) is 0 Å². The number of carbonyl (C=O) groups is 1. The average Bonchev–Trinajstić information content (AvgIpc) is 2.32. The summed E-state index contributed by atoms with van der Waals surface area (Å²) in [5, 5.41) is 9.94. The zero-order chi connectivity index (χ0) is 11.5. The van der Waals surface area contributed by atoms with E-state index >= 15 is 0 Å². The van der Waals surface area contributed by atoms with Gasteiger partial charge >= 0.3 is 0 Å². The lowest BCUT2D eigenvalue weighted by Crippen LogP contribution is -2.09. The van der Waals surface area contributed by atoms with Crippen LogP contribution in [0.4, 0.5) is 0 Å². The molecule has 4 heteroatoms. The van der Waals surface area contributed by atoms with Crippen LogP contribution < -0.4 is 4.74 Å². The van der Waals surface area contributed by atoms with Crippen molar-refractivity contribution in [2.24, 2.45) is 0 Å². The predicted octanol–water partition coefficient (Wildman–Crippen LogP) is 2.61. The van der Waals surface area contributed by atoms with Gasteiger partial charge in [0.15, 0.2) is 0 Å². The molecule has 0 aliphatic carbocycles. The molecular weight excluding hydrogens is 272 g/mol. The number of benzene rings is 1. The predicted molar refractivity (Wildman–Crippen MR) is 64.0 cm³/mol. The van der Waals surface area contributed by atoms with E-state index in [0.29, 0.717) is 23.9 Å². The molecule has 1 aromatic carbocycles. The molecular formula is C12H13BrO3. The number of fused-ring (bicyclic) bond motifs is 1. The maximum absolute atomic E-state index is 10.3. The third kappa shape index (κ3) is 2.07. The Morgan fingerprint density at radius 2 is 2.38 bits per heavy atom. The first kappa shape index (κ1) is 11.5. The van der Waals surface area contributed by atoms with Crippen molar-refractivity contribution in [2.45, 2.75) is 25.7 Å². The quantitative estimate of drug-likeness (QED) is 0.868. The van der Waals surface area contributed by atoms with Gasteiger partial charge in [0.2, 0.25) is 0 Å². The van der Waals surface area contributed by atoms with Gasteiger partial charge in [-0.25, -0.2) is 0 Å². The Labute approximate surface area is 103 Å². The van der Waals surface area contributed by atoms with Crippen molar-refractivity contribution in [3.63, 3.8) is 0 Å². The van der Waals surface area contributed by atoms with E-state index in [2.05, 4.69) is 15.9 Å². The number of aldehydes is 1. The second-order valence-corrected chi connectivity index (χ2v) is 4.64. The van der Waals surface area contributed by atoms with Crippen molar-refractivity contribution in [1.29, 1.82) is 0 Å². The summed E-state index contributed by atoms with van der Waals surface area (Å²) in [4.78, 5) is 10.3. The highest BCUT2D eigenvalue weighted by molar-refractivity contribution is 9.10. The average molecular weight is 285 g/mol. The number of aromatic hydroxyl groups is 1. The SMILES string of the molecule is O=CCCc1cc2c(c(Br)c1O)OCCC2. The number of halogens is 1. The molecule has 1 aliphatic rings. The van der Waals surface area contributed by atoms with E-state index in [0.717, 1.165) is 36.0 Å². The fourth-order valence-corrected chi connectivity index (χ4v) is 2.54. The van der Waals surface area contributed by atoms with Gasteiger partial charge in [-0.15, -0.1) is 0 Å². The fourth-order valence-electron chi connectivity index (χ4n) is 1.92. The van der Waals surface area contributed by atoms with Crippen molar-refractivity contribution in [3.05, 3.63) is 21.7 Å². The van der Waals surface area contributed by atoms with Crippen LogP contribution in [-0.2, 0) is 17.6 Å². The van der Waals surface area contributed by atoms with E-state index < -0.39 is 0 Å². The first-order valence-electron chi connectivity index (χ1n) is 5.33. The monoisotopic (exact) mass is 284 g/mol. The van der Waals surface area contributed by atoms with Crippen molar-refractivity contribution in [3.8, 4) is 11.5 Å². The van der Waals surface area contributed by atoms with Crippen LogP contribution >= 0.6 is 15.9 Å². The van der Waals surface area contributed by atoms with E-state index in [1.165, 1.54) is 0 Å². The lowest BCUT2D eigenvalue weighted by molar-refractivity contribution is -0.107. The second kappa shape index (κ2) is 4.87. The summed E-state index contributed by atoms with van der Waals surface area (Å²) in [6.07, 6.45) is 3.82. The molecule has 0 amide bonds. The number of aryl methyl sites for hydroxylation is 2. The molecule has 0 bridgehead atoms. The zero-order valence-corrected chi connectivity index (χ0v) is 10.4. The van der Waals surface area contributed by atoms with E-state index in [1.807, 2.05) is 6.07 Å². The topological polar surface area (TPSA) is 46.5 Å². The van der Waals surface area contributed by atoms with E-state index in [9.17, 15) is 9.90 Å². The zero-order valence-electron chi connectivity index (χ0n) is 8.83. The number of phenols is 1. The Bertz CT molecular complexity index is 415. The summed E-state index contributed by atoms with van der Waals surface area (Å²) in [7, 11) is 0. The maximum atomic E-state index is 10.3. The van der Waals surface area contributed by atoms with Crippen LogP contribution in [0.1, 0.15) is 24.0 Å². The highest BCUT2D eigenvalue weighted by Crippen LogP contribution is 2.41. The Kier molecular flexibility index (Phi) is 3.49. The van der Waals surface area contributed by atoms with Crippen molar-refractivity contribution >= 4 is 22.2 Å². The first-order valence-corrected chi connectivity index (χ1v) is 6.13. The number of ether oxygens (including phenoxy) is 1. The summed E-state index contributed by atoms with van der Waals surface area (Å²) in [6.45, 7) is 0.693. The summed E-state index contributed by atoms with van der Waals surface area (Å²) >= 11 is 3.35. The molecule has 3 nitrogen and oxygen atoms in total. The van der Waals surface area contributed by atoms with Crippen molar-refractivity contribution in [1.82, 2.24) is 0 Å². The van der Waals surface area contributed by atoms with Gasteiger partial charge in [0, 0.05) is 6.42 Å². The van der Waals surface area contributed by atoms with Crippen LogP contribution in [0.2, 0.25) is 0 Å². The molecule has 1 aliphatic heterocycles. The van der Waals surface area contributed by atoms with E-state index in [-0.39, 0.29) is 5.75 Å². The molecule has 1 heterocycles. The molecule has 0 fully saturated rings. The van der Waals surface area contributed by atoms with Crippen LogP contribution in [0.3, 0.4) is 0 Å². The number of carbonyl (C=O) groups excluding carboxylic acids is 1. The second-order valence-electron chi connectivity index (χ2n) is 3.84. The Hall–Kier alpha value is -1.03. The Morgan fingerprint density at radius 3 is 3.12 bits per heavy atom. The van der Waals surface area contributed by atoms with Gasteiger partial charge in [0.25, 0.3) is 0 Å². The minimum absolute atomic E-state index is 0.197. The van der Waals surface area contributed by atoms with Gasteiger partial charge in [0.1, 0.15) is 22.3 Å². The largest absolute Gasteiger partial charge is 0.506 e. The van der Waals surface area contributed by atoms with E-state index in [1.54, 1.807) is 0 Å². The summed E-state index contributed by atoms with van der Waals surface area (Å²) < 4.78 is 6.13. The van der Waals surface area contributed by atoms with Crippen LogP contribution in [0, 0.1) is 0 Å². The van der Waals surface area contributed by atoms with Gasteiger partial charge < -0.3 is 14.6 Å². The lowest BCUT2D eigenvalue weighted by Gasteiger charge is -2.20. The third-order valence-corrected chi connectivity index (χ3v) is 3.46. The molecule has 0 unspecified atom stereocenters. The normalized spacial score (nSPS) is 14.1. The van der Waals surface area contributed by atoms with Gasteiger partial charge in [-0.1, -0.05) is 0 Å². The van der Waals surface area contributed by atoms with Crippen LogP contribution in [0.15, 0.2) is 10.5 Å². The van der Waals surface area contributed by atoms with Crippen molar-refractivity contribution < 1.29 is 14.6 Å². The number of phenolic OH excluding ortho intramolecular Hbond substituents is 1. The summed E-state index contributed by atoms with van der Waals surface area (Å²) in [5.41, 5.74) is 1.92. The summed E-state index contributed by atoms with van der Waals surface area (Å²) in [5.74, 6) is 0.945. The van der Waals surface area contributed by atoms with Crippen LogP contribution in [0.5, 0.6) is 11.5 Å². The molecule has 0 aromatic heterocycles. The molecule has 0 radical (unpaired) electrons. The summed E-state index contributed by atoms with van der Waals surface area (Å²) in [6, 6.07) is 1.94. The minimum atomic E-state index is 0.197. The smallest absolute Gasteiger partial charge is 0.140 e. The van der Waals surface area contributed by atoms with Gasteiger partial charge in [-0.05, 0) is 52.4 Å². The van der Waals surface area contributed by atoms with E-state index in [4.69, 9.17) is 4.74 Å². The highest BCUT2D eigenvalue weighted by atomic mass is 79.9. The standard InChI is InChI=1S/C12H13BrO3/c13-10-11(15)8(3-1-5-14)7-9-4-2-6-16-12(9)10/h5,7,15H,1-4,6H2. The third-order valence-electron chi connectivity index (χ3n) is 2.72. The Morgan fingerprint density at radius 1 is 1.56 bits per heavy atom. The first-order chi connectivity index (χ1) is 7.74. The molecule has 0 saturated carbocycles. The maximum Gasteiger partial charge on any atom is 0.140 e. The van der Waals surface area contributed by atoms with Crippen LogP contribution in [-0.4, -0.2) is 18.0 Å². The fraction of sp³-hybridized carbons (Fsp3) is 0.417. The number of hydrogen-bond donors (Lipinski definition) is 1. The highest BCUT2D eigenvalue weighted by Gasteiger charge is 2.19. The molecule has 1 aromatic rings. The molecule has 1 N–H and O–H groups in total. The van der Waals surface area contributed by atoms with Crippen molar-refractivity contribution in [2.75, 3.05) is 6.61 Å². The molecule has 2 rings (SSSR count). The molecule has 16 heavy (non-hydrogen) atoms. The van der Waals surface area contributed by atoms with Gasteiger partial charge in [0.05, 0.1) is 6.61 Å². The number of rotatable bonds is 3. The minimum Gasteiger partial charge on any atom is -0.506 e. The Balaban J connectivity index is 2.39. The molecule has 0 spiro atoms. The lowest BCUT2D eigenvalue weighted by atomic mass is 10.00.